The first-order valence-electron chi connectivity index (χ1n) is 4.16. The molecule has 0 N–H and O–H groups in total. The molecule has 1 aromatic rings. The van der Waals surface area contributed by atoms with Crippen molar-refractivity contribution in [3.8, 4) is 0 Å². The van der Waals surface area contributed by atoms with Gasteiger partial charge in [-0.15, -0.1) is 0 Å². The molecule has 2 heteroatoms. The van der Waals surface area contributed by atoms with Crippen LogP contribution in [-0.2, 0) is 6.42 Å². The van der Waals surface area contributed by atoms with E-state index in [0.29, 0.717) is 5.03 Å². The van der Waals surface area contributed by atoms with Crippen molar-refractivity contribution in [3.63, 3.8) is 0 Å². The minimum atomic E-state index is 0.463. The van der Waals surface area contributed by atoms with Crippen molar-refractivity contribution in [2.75, 3.05) is 0 Å². The number of aromatic nitrogens is 1. The SMILES string of the molecule is C=Cc1ccc(CC)nc1C(=C)Cl. The highest BCUT2D eigenvalue weighted by Crippen LogP contribution is 2.20. The van der Waals surface area contributed by atoms with Crippen molar-refractivity contribution >= 4 is 22.7 Å². The molecule has 68 valence electrons. The summed E-state index contributed by atoms with van der Waals surface area (Å²) in [4.78, 5) is 4.36. The molecule has 1 nitrogen and oxygen atoms in total. The Morgan fingerprint density at radius 3 is 2.77 bits per heavy atom. The van der Waals surface area contributed by atoms with Crippen LogP contribution in [0.15, 0.2) is 25.3 Å². The van der Waals surface area contributed by atoms with Crippen molar-refractivity contribution in [3.05, 3.63) is 42.2 Å². The second-order valence-electron chi connectivity index (χ2n) is 2.70. The summed E-state index contributed by atoms with van der Waals surface area (Å²) < 4.78 is 0. The van der Waals surface area contributed by atoms with Crippen LogP contribution in [-0.4, -0.2) is 4.98 Å². The van der Waals surface area contributed by atoms with Gasteiger partial charge in [0, 0.05) is 11.3 Å². The Morgan fingerprint density at radius 2 is 2.31 bits per heavy atom. The average Bonchev–Trinajstić information content (AvgIpc) is 2.16. The van der Waals surface area contributed by atoms with E-state index < -0.39 is 0 Å². The van der Waals surface area contributed by atoms with Gasteiger partial charge in [-0.25, -0.2) is 0 Å². The van der Waals surface area contributed by atoms with Crippen molar-refractivity contribution in [1.29, 1.82) is 0 Å². The summed E-state index contributed by atoms with van der Waals surface area (Å²) in [6.07, 6.45) is 2.63. The van der Waals surface area contributed by atoms with Gasteiger partial charge in [-0.05, 0) is 12.5 Å². The monoisotopic (exact) mass is 193 g/mol. The average molecular weight is 194 g/mol. The maximum absolute atomic E-state index is 5.81. The third-order valence-electron chi connectivity index (χ3n) is 1.82. The van der Waals surface area contributed by atoms with E-state index in [1.165, 1.54) is 0 Å². The molecule has 0 saturated carbocycles. The maximum Gasteiger partial charge on any atom is 0.0885 e. The first-order chi connectivity index (χ1) is 6.19. The summed E-state index contributed by atoms with van der Waals surface area (Å²) in [5.74, 6) is 0. The molecular formula is C11H12ClN. The smallest absolute Gasteiger partial charge is 0.0885 e. The van der Waals surface area contributed by atoms with Gasteiger partial charge in [0.2, 0.25) is 0 Å². The van der Waals surface area contributed by atoms with E-state index in [1.54, 1.807) is 6.08 Å². The zero-order chi connectivity index (χ0) is 9.84. The second-order valence-corrected chi connectivity index (χ2v) is 3.16. The van der Waals surface area contributed by atoms with E-state index in [4.69, 9.17) is 11.6 Å². The quantitative estimate of drug-likeness (QED) is 0.716. The van der Waals surface area contributed by atoms with Crippen LogP contribution in [0.2, 0.25) is 0 Å². The molecule has 1 rings (SSSR count). The molecule has 0 aliphatic heterocycles. The zero-order valence-electron chi connectivity index (χ0n) is 7.68. The molecule has 0 aliphatic rings. The third kappa shape index (κ3) is 2.19. The lowest BCUT2D eigenvalue weighted by molar-refractivity contribution is 1.03. The predicted octanol–water partition coefficient (Wildman–Crippen LogP) is 3.50. The molecule has 1 aromatic heterocycles. The van der Waals surface area contributed by atoms with Gasteiger partial charge in [0.1, 0.15) is 0 Å². The van der Waals surface area contributed by atoms with Crippen LogP contribution in [0.3, 0.4) is 0 Å². The molecular weight excluding hydrogens is 182 g/mol. The largest absolute Gasteiger partial charge is 0.251 e. The van der Waals surface area contributed by atoms with Crippen LogP contribution in [0.1, 0.15) is 23.9 Å². The van der Waals surface area contributed by atoms with Crippen molar-refractivity contribution in [2.45, 2.75) is 13.3 Å². The van der Waals surface area contributed by atoms with Crippen LogP contribution in [0.5, 0.6) is 0 Å². The molecule has 0 spiro atoms. The Hall–Kier alpha value is -1.08. The Morgan fingerprint density at radius 1 is 1.62 bits per heavy atom. The lowest BCUT2D eigenvalue weighted by Crippen LogP contribution is -1.94. The number of rotatable bonds is 3. The van der Waals surface area contributed by atoms with Crippen LogP contribution in [0, 0.1) is 0 Å². The van der Waals surface area contributed by atoms with Crippen molar-refractivity contribution in [2.24, 2.45) is 0 Å². The van der Waals surface area contributed by atoms with E-state index in [0.717, 1.165) is 23.4 Å². The number of nitrogens with zero attached hydrogens (tertiary/aromatic N) is 1. The van der Waals surface area contributed by atoms with Crippen LogP contribution < -0.4 is 0 Å². The third-order valence-corrected chi connectivity index (χ3v) is 2.00. The Balaban J connectivity index is 3.25. The van der Waals surface area contributed by atoms with Gasteiger partial charge in [-0.2, -0.15) is 0 Å². The molecule has 0 bridgehead atoms. The number of pyridine rings is 1. The van der Waals surface area contributed by atoms with Crippen LogP contribution >= 0.6 is 11.6 Å². The Kier molecular flexibility index (Phi) is 3.26. The molecule has 0 amide bonds. The molecule has 0 aromatic carbocycles. The van der Waals surface area contributed by atoms with E-state index in [-0.39, 0.29) is 0 Å². The highest BCUT2D eigenvalue weighted by atomic mass is 35.5. The van der Waals surface area contributed by atoms with Crippen molar-refractivity contribution in [1.82, 2.24) is 4.98 Å². The first-order valence-corrected chi connectivity index (χ1v) is 4.54. The lowest BCUT2D eigenvalue weighted by atomic mass is 10.1. The summed E-state index contributed by atoms with van der Waals surface area (Å²) in [7, 11) is 0. The maximum atomic E-state index is 5.81. The zero-order valence-corrected chi connectivity index (χ0v) is 8.43. The number of hydrogen-bond donors (Lipinski definition) is 0. The molecule has 0 unspecified atom stereocenters. The number of hydrogen-bond acceptors (Lipinski definition) is 1. The molecule has 1 heterocycles. The normalized spacial score (nSPS) is 9.69. The fraction of sp³-hybridized carbons (Fsp3) is 0.182. The standard InChI is InChI=1S/C11H12ClN/c1-4-9-6-7-10(5-2)13-11(9)8(3)12/h4,6-7H,1,3,5H2,2H3. The molecule has 0 atom stereocenters. The summed E-state index contributed by atoms with van der Waals surface area (Å²) in [6, 6.07) is 3.93. The fourth-order valence-corrected chi connectivity index (χ4v) is 1.24. The minimum Gasteiger partial charge on any atom is -0.251 e. The van der Waals surface area contributed by atoms with Gasteiger partial charge in [0.05, 0.1) is 10.7 Å². The van der Waals surface area contributed by atoms with Gasteiger partial charge >= 0.3 is 0 Å². The molecule has 13 heavy (non-hydrogen) atoms. The molecule has 0 aliphatic carbocycles. The first kappa shape index (κ1) is 10.0. The second kappa shape index (κ2) is 4.24. The van der Waals surface area contributed by atoms with E-state index in [2.05, 4.69) is 25.1 Å². The summed E-state index contributed by atoms with van der Waals surface area (Å²) in [5, 5.41) is 0.463. The van der Waals surface area contributed by atoms with Gasteiger partial charge in [0.25, 0.3) is 0 Å². The highest BCUT2D eigenvalue weighted by Gasteiger charge is 2.04. The van der Waals surface area contributed by atoms with Crippen molar-refractivity contribution < 1.29 is 0 Å². The van der Waals surface area contributed by atoms with Gasteiger partial charge < -0.3 is 0 Å². The minimum absolute atomic E-state index is 0.463. The Labute approximate surface area is 83.8 Å². The summed E-state index contributed by atoms with van der Waals surface area (Å²) >= 11 is 5.81. The van der Waals surface area contributed by atoms with E-state index >= 15 is 0 Å². The van der Waals surface area contributed by atoms with Gasteiger partial charge in [-0.3, -0.25) is 4.98 Å². The van der Waals surface area contributed by atoms with Gasteiger partial charge in [-0.1, -0.05) is 43.8 Å². The number of halogens is 1. The number of aryl methyl sites for hydroxylation is 1. The topological polar surface area (TPSA) is 12.9 Å². The highest BCUT2D eigenvalue weighted by molar-refractivity contribution is 6.48. The lowest BCUT2D eigenvalue weighted by Gasteiger charge is -2.04. The molecule has 0 fully saturated rings. The summed E-state index contributed by atoms with van der Waals surface area (Å²) in [5.41, 5.74) is 2.68. The van der Waals surface area contributed by atoms with E-state index in [1.807, 2.05) is 12.1 Å². The summed E-state index contributed by atoms with van der Waals surface area (Å²) in [6.45, 7) is 9.41. The molecule has 0 radical (unpaired) electrons. The predicted molar refractivity (Wildman–Crippen MR) is 58.6 cm³/mol. The Bertz CT molecular complexity index is 342. The van der Waals surface area contributed by atoms with Crippen LogP contribution in [0.25, 0.3) is 11.1 Å². The van der Waals surface area contributed by atoms with Gasteiger partial charge in [0.15, 0.2) is 0 Å². The fourth-order valence-electron chi connectivity index (χ4n) is 1.09. The van der Waals surface area contributed by atoms with E-state index in [9.17, 15) is 0 Å². The molecule has 0 saturated heterocycles. The van der Waals surface area contributed by atoms with Crippen LogP contribution in [0.4, 0.5) is 0 Å².